The van der Waals surface area contributed by atoms with Crippen LogP contribution in [0, 0.1) is 0 Å². The zero-order valence-electron chi connectivity index (χ0n) is 13.0. The number of pyridine rings is 1. The number of hydrogen-bond acceptors (Lipinski definition) is 6. The minimum atomic E-state index is -3.42. The Labute approximate surface area is 140 Å². The molecular formula is C15H20N4O2S2. The minimum absolute atomic E-state index is 0.195. The summed E-state index contributed by atoms with van der Waals surface area (Å²) in [5.74, 6) is 0.829. The second-order valence-corrected chi connectivity index (χ2v) is 8.32. The van der Waals surface area contributed by atoms with Gasteiger partial charge in [0, 0.05) is 43.8 Å². The third kappa shape index (κ3) is 3.89. The van der Waals surface area contributed by atoms with Crippen molar-refractivity contribution < 1.29 is 8.42 Å². The molecule has 0 amide bonds. The SMILES string of the molecule is CNS(=O)(=O)c1ccc(N2CCN(Cc3cccs3)CC2)nc1. The highest BCUT2D eigenvalue weighted by atomic mass is 32.2. The zero-order valence-corrected chi connectivity index (χ0v) is 14.6. The third-order valence-corrected chi connectivity index (χ3v) is 6.22. The molecule has 0 spiro atoms. The van der Waals surface area contributed by atoms with E-state index in [0.29, 0.717) is 0 Å². The first-order chi connectivity index (χ1) is 11.1. The molecule has 0 unspecified atom stereocenters. The summed E-state index contributed by atoms with van der Waals surface area (Å²) < 4.78 is 25.7. The van der Waals surface area contributed by atoms with Crippen LogP contribution in [-0.2, 0) is 16.6 Å². The van der Waals surface area contributed by atoms with Crippen molar-refractivity contribution >= 4 is 27.2 Å². The zero-order chi connectivity index (χ0) is 16.3. The van der Waals surface area contributed by atoms with Crippen LogP contribution in [0.2, 0.25) is 0 Å². The lowest BCUT2D eigenvalue weighted by molar-refractivity contribution is 0.251. The fraction of sp³-hybridized carbons (Fsp3) is 0.400. The number of aromatic nitrogens is 1. The molecule has 124 valence electrons. The van der Waals surface area contributed by atoms with Crippen LogP contribution in [-0.4, -0.2) is 51.5 Å². The van der Waals surface area contributed by atoms with Crippen molar-refractivity contribution in [2.24, 2.45) is 0 Å². The monoisotopic (exact) mass is 352 g/mol. The van der Waals surface area contributed by atoms with E-state index in [1.165, 1.54) is 18.1 Å². The predicted molar refractivity (Wildman–Crippen MR) is 92.3 cm³/mol. The molecule has 0 saturated carbocycles. The van der Waals surface area contributed by atoms with Gasteiger partial charge >= 0.3 is 0 Å². The molecule has 0 atom stereocenters. The Bertz CT molecular complexity index is 721. The lowest BCUT2D eigenvalue weighted by Crippen LogP contribution is -2.46. The van der Waals surface area contributed by atoms with Crippen LogP contribution < -0.4 is 9.62 Å². The number of anilines is 1. The average Bonchev–Trinajstić information content (AvgIpc) is 3.09. The molecule has 0 radical (unpaired) electrons. The van der Waals surface area contributed by atoms with Gasteiger partial charge in [0.05, 0.1) is 0 Å². The molecule has 23 heavy (non-hydrogen) atoms. The molecule has 1 aliphatic rings. The summed E-state index contributed by atoms with van der Waals surface area (Å²) in [6.45, 7) is 4.76. The number of nitrogens with zero attached hydrogens (tertiary/aromatic N) is 3. The van der Waals surface area contributed by atoms with Crippen LogP contribution in [0.4, 0.5) is 5.82 Å². The van der Waals surface area contributed by atoms with Crippen molar-refractivity contribution in [1.82, 2.24) is 14.6 Å². The standard InChI is InChI=1S/C15H20N4O2S2/c1-16-23(20,21)14-4-5-15(17-11-14)19-8-6-18(7-9-19)12-13-3-2-10-22-13/h2-5,10-11,16H,6-9,12H2,1H3. The molecule has 2 aromatic heterocycles. The number of hydrogen-bond donors (Lipinski definition) is 1. The number of rotatable bonds is 5. The van der Waals surface area contributed by atoms with Crippen LogP contribution in [0.25, 0.3) is 0 Å². The number of sulfonamides is 1. The summed E-state index contributed by atoms with van der Waals surface area (Å²) >= 11 is 1.79. The Morgan fingerprint density at radius 1 is 1.22 bits per heavy atom. The number of nitrogens with one attached hydrogen (secondary N) is 1. The predicted octanol–water partition coefficient (Wildman–Crippen LogP) is 1.37. The van der Waals surface area contributed by atoms with Gasteiger partial charge < -0.3 is 4.90 Å². The van der Waals surface area contributed by atoms with E-state index in [2.05, 4.69) is 37.0 Å². The molecule has 3 heterocycles. The van der Waals surface area contributed by atoms with Gasteiger partial charge in [0.1, 0.15) is 10.7 Å². The van der Waals surface area contributed by atoms with E-state index >= 15 is 0 Å². The molecule has 3 rings (SSSR count). The van der Waals surface area contributed by atoms with Crippen molar-refractivity contribution in [1.29, 1.82) is 0 Å². The molecule has 0 aliphatic carbocycles. The highest BCUT2D eigenvalue weighted by molar-refractivity contribution is 7.89. The van der Waals surface area contributed by atoms with Gasteiger partial charge in [0.2, 0.25) is 10.0 Å². The van der Waals surface area contributed by atoms with Gasteiger partial charge in [-0.25, -0.2) is 18.1 Å². The van der Waals surface area contributed by atoms with Crippen LogP contribution in [0.15, 0.2) is 40.7 Å². The highest BCUT2D eigenvalue weighted by Crippen LogP contribution is 2.18. The summed E-state index contributed by atoms with van der Waals surface area (Å²) in [6.07, 6.45) is 1.42. The van der Waals surface area contributed by atoms with Gasteiger partial charge in [-0.3, -0.25) is 4.90 Å². The first-order valence-electron chi connectivity index (χ1n) is 7.48. The molecule has 8 heteroatoms. The topological polar surface area (TPSA) is 65.5 Å². The van der Waals surface area contributed by atoms with Gasteiger partial charge in [0.25, 0.3) is 0 Å². The molecule has 1 saturated heterocycles. The maximum atomic E-state index is 11.7. The van der Waals surface area contributed by atoms with Crippen molar-refractivity contribution in [2.45, 2.75) is 11.4 Å². The van der Waals surface area contributed by atoms with Gasteiger partial charge in [-0.05, 0) is 30.6 Å². The van der Waals surface area contributed by atoms with Crippen LogP contribution in [0.3, 0.4) is 0 Å². The van der Waals surface area contributed by atoms with Gasteiger partial charge in [-0.15, -0.1) is 11.3 Å². The molecule has 6 nitrogen and oxygen atoms in total. The van der Waals surface area contributed by atoms with E-state index < -0.39 is 10.0 Å². The molecule has 2 aromatic rings. The Hall–Kier alpha value is -1.48. The Kier molecular flexibility index (Phi) is 4.96. The van der Waals surface area contributed by atoms with Crippen LogP contribution >= 0.6 is 11.3 Å². The summed E-state index contributed by atoms with van der Waals surface area (Å²) in [5, 5.41) is 2.11. The van der Waals surface area contributed by atoms with E-state index in [-0.39, 0.29) is 4.90 Å². The minimum Gasteiger partial charge on any atom is -0.354 e. The van der Waals surface area contributed by atoms with Crippen molar-refractivity contribution in [3.63, 3.8) is 0 Å². The summed E-state index contributed by atoms with van der Waals surface area (Å²) in [4.78, 5) is 10.5. The molecule has 1 N–H and O–H groups in total. The molecule has 0 bridgehead atoms. The van der Waals surface area contributed by atoms with E-state index in [0.717, 1.165) is 38.5 Å². The van der Waals surface area contributed by atoms with Crippen molar-refractivity contribution in [3.8, 4) is 0 Å². The Balaban J connectivity index is 1.59. The second-order valence-electron chi connectivity index (χ2n) is 5.40. The molecule has 1 aliphatic heterocycles. The van der Waals surface area contributed by atoms with Crippen LogP contribution in [0.1, 0.15) is 4.88 Å². The Morgan fingerprint density at radius 3 is 2.57 bits per heavy atom. The lowest BCUT2D eigenvalue weighted by Gasteiger charge is -2.35. The molecule has 0 aromatic carbocycles. The smallest absolute Gasteiger partial charge is 0.241 e. The first kappa shape index (κ1) is 16.4. The fourth-order valence-corrected chi connectivity index (χ4v) is 4.01. The quantitative estimate of drug-likeness (QED) is 0.880. The normalized spacial score (nSPS) is 16.7. The van der Waals surface area contributed by atoms with E-state index in [4.69, 9.17) is 0 Å². The Morgan fingerprint density at radius 2 is 2.00 bits per heavy atom. The average molecular weight is 352 g/mol. The van der Waals surface area contributed by atoms with Crippen molar-refractivity contribution in [3.05, 3.63) is 40.7 Å². The van der Waals surface area contributed by atoms with Gasteiger partial charge in [-0.2, -0.15) is 0 Å². The first-order valence-corrected chi connectivity index (χ1v) is 9.84. The largest absolute Gasteiger partial charge is 0.354 e. The van der Waals surface area contributed by atoms with E-state index in [9.17, 15) is 8.42 Å². The van der Waals surface area contributed by atoms with E-state index in [1.54, 1.807) is 23.5 Å². The lowest BCUT2D eigenvalue weighted by atomic mass is 10.3. The van der Waals surface area contributed by atoms with Crippen LogP contribution in [0.5, 0.6) is 0 Å². The van der Waals surface area contributed by atoms with Gasteiger partial charge in [-0.1, -0.05) is 6.07 Å². The maximum Gasteiger partial charge on any atom is 0.241 e. The molecular weight excluding hydrogens is 332 g/mol. The van der Waals surface area contributed by atoms with Crippen molar-refractivity contribution in [2.75, 3.05) is 38.1 Å². The number of thiophene rings is 1. The van der Waals surface area contributed by atoms with Gasteiger partial charge in [0.15, 0.2) is 0 Å². The maximum absolute atomic E-state index is 11.7. The summed E-state index contributed by atoms with van der Waals surface area (Å²) in [6, 6.07) is 7.63. The van der Waals surface area contributed by atoms with E-state index in [1.807, 2.05) is 0 Å². The second kappa shape index (κ2) is 6.96. The molecule has 1 fully saturated rings. The summed E-state index contributed by atoms with van der Waals surface area (Å²) in [5.41, 5.74) is 0. The third-order valence-electron chi connectivity index (χ3n) is 3.96. The number of piperazine rings is 1. The summed E-state index contributed by atoms with van der Waals surface area (Å²) in [7, 11) is -2.02. The fourth-order valence-electron chi connectivity index (χ4n) is 2.59. The highest BCUT2D eigenvalue weighted by Gasteiger charge is 2.19.